The topological polar surface area (TPSA) is 72.8 Å². The number of amidine groups is 1. The van der Waals surface area contributed by atoms with Gasteiger partial charge >= 0.3 is 0 Å². The van der Waals surface area contributed by atoms with Crippen molar-refractivity contribution < 1.29 is 9.94 Å². The molecule has 2 aromatic carbocycles. The van der Waals surface area contributed by atoms with Gasteiger partial charge in [0.15, 0.2) is 5.84 Å². The van der Waals surface area contributed by atoms with Crippen LogP contribution in [0.2, 0.25) is 0 Å². The molecule has 0 aliphatic heterocycles. The van der Waals surface area contributed by atoms with E-state index in [9.17, 15) is 0 Å². The quantitative estimate of drug-likeness (QED) is 0.329. The van der Waals surface area contributed by atoms with E-state index in [-0.39, 0.29) is 5.84 Å². The molecule has 0 aliphatic carbocycles. The lowest BCUT2D eigenvalue weighted by Gasteiger charge is -2.08. The van der Waals surface area contributed by atoms with E-state index in [0.29, 0.717) is 13.2 Å². The maximum Gasteiger partial charge on any atom is 0.172 e. The summed E-state index contributed by atoms with van der Waals surface area (Å²) in [6.45, 7) is 1.21. The molecule has 0 amide bonds. The van der Waals surface area contributed by atoms with Crippen LogP contribution < -0.4 is 10.5 Å². The molecule has 0 spiro atoms. The molecule has 5 nitrogen and oxygen atoms in total. The highest BCUT2D eigenvalue weighted by molar-refractivity contribution is 6.08. The Hall–Kier alpha value is -2.95. The molecular weight excluding hydrogens is 278 g/mol. The molecule has 112 valence electrons. The van der Waals surface area contributed by atoms with Crippen molar-refractivity contribution in [3.8, 4) is 5.75 Å². The van der Waals surface area contributed by atoms with Crippen molar-refractivity contribution in [3.05, 3.63) is 66.4 Å². The normalized spacial score (nSPS) is 11.7. The first kappa shape index (κ1) is 14.0. The first-order valence-corrected chi connectivity index (χ1v) is 7.03. The predicted molar refractivity (Wildman–Crippen MR) is 86.4 cm³/mol. The van der Waals surface area contributed by atoms with Crippen molar-refractivity contribution in [1.29, 1.82) is 0 Å². The average Bonchev–Trinajstić information content (AvgIpc) is 2.94. The van der Waals surface area contributed by atoms with Gasteiger partial charge in [0.1, 0.15) is 12.4 Å². The largest absolute Gasteiger partial charge is 0.492 e. The third kappa shape index (κ3) is 2.74. The third-order valence-corrected chi connectivity index (χ3v) is 3.52. The van der Waals surface area contributed by atoms with Crippen molar-refractivity contribution in [1.82, 2.24) is 4.57 Å². The van der Waals surface area contributed by atoms with E-state index in [1.54, 1.807) is 0 Å². The molecule has 0 radical (unpaired) electrons. The summed E-state index contributed by atoms with van der Waals surface area (Å²) in [4.78, 5) is 0. The molecule has 1 heterocycles. The van der Waals surface area contributed by atoms with Crippen LogP contribution in [0.3, 0.4) is 0 Å². The molecule has 0 atom stereocenters. The Balaban J connectivity index is 1.82. The number of rotatable bonds is 5. The van der Waals surface area contributed by atoms with E-state index < -0.39 is 0 Å². The summed E-state index contributed by atoms with van der Waals surface area (Å²) in [7, 11) is 0. The van der Waals surface area contributed by atoms with Crippen LogP contribution >= 0.6 is 0 Å². The highest BCUT2D eigenvalue weighted by Gasteiger charge is 2.11. The van der Waals surface area contributed by atoms with Gasteiger partial charge in [0.25, 0.3) is 0 Å². The number of hydrogen-bond acceptors (Lipinski definition) is 3. The van der Waals surface area contributed by atoms with Crippen LogP contribution in [0.25, 0.3) is 10.9 Å². The van der Waals surface area contributed by atoms with Crippen molar-refractivity contribution in [2.75, 3.05) is 6.61 Å². The molecule has 0 unspecified atom stereocenters. The molecule has 3 aromatic rings. The molecule has 0 aliphatic rings. The summed E-state index contributed by atoms with van der Waals surface area (Å²) in [5.74, 6) is 0.953. The van der Waals surface area contributed by atoms with Crippen molar-refractivity contribution in [2.24, 2.45) is 10.9 Å². The van der Waals surface area contributed by atoms with Gasteiger partial charge in [-0.25, -0.2) is 0 Å². The van der Waals surface area contributed by atoms with E-state index in [4.69, 9.17) is 15.7 Å². The summed E-state index contributed by atoms with van der Waals surface area (Å²) >= 11 is 0. The van der Waals surface area contributed by atoms with Crippen LogP contribution in [0.15, 0.2) is 65.9 Å². The molecule has 22 heavy (non-hydrogen) atoms. The second-order valence-electron chi connectivity index (χ2n) is 4.90. The van der Waals surface area contributed by atoms with Crippen LogP contribution in [0.1, 0.15) is 5.56 Å². The standard InChI is InChI=1S/C17H17N3O2/c18-17(19-21)15-12-20(16-9-5-4-8-14(15)16)10-11-22-13-6-2-1-3-7-13/h1-9,12,21H,10-11H2,(H2,18,19). The molecule has 0 saturated heterocycles. The number of oxime groups is 1. The Morgan fingerprint density at radius 2 is 1.82 bits per heavy atom. The SMILES string of the molecule is N/C(=N\O)c1cn(CCOc2ccccc2)c2ccccc12. The number of fused-ring (bicyclic) bond motifs is 1. The third-order valence-electron chi connectivity index (χ3n) is 3.52. The van der Waals surface area contributed by atoms with Crippen LogP contribution in [0.4, 0.5) is 0 Å². The Bertz CT molecular complexity index is 794. The zero-order chi connectivity index (χ0) is 15.4. The fourth-order valence-electron chi connectivity index (χ4n) is 2.47. The fraction of sp³-hybridized carbons (Fsp3) is 0.118. The summed E-state index contributed by atoms with van der Waals surface area (Å²) in [5.41, 5.74) is 7.50. The van der Waals surface area contributed by atoms with Gasteiger partial charge in [-0.15, -0.1) is 0 Å². The summed E-state index contributed by atoms with van der Waals surface area (Å²) < 4.78 is 7.77. The van der Waals surface area contributed by atoms with E-state index in [0.717, 1.165) is 22.2 Å². The van der Waals surface area contributed by atoms with Crippen LogP contribution in [0.5, 0.6) is 5.75 Å². The molecular formula is C17H17N3O2. The average molecular weight is 295 g/mol. The lowest BCUT2D eigenvalue weighted by Crippen LogP contribution is -2.12. The van der Waals surface area contributed by atoms with Crippen LogP contribution in [-0.4, -0.2) is 22.2 Å². The summed E-state index contributed by atoms with van der Waals surface area (Å²) in [6, 6.07) is 17.5. The molecule has 3 N–H and O–H groups in total. The number of nitrogens with two attached hydrogens (primary N) is 1. The molecule has 0 fully saturated rings. The number of aromatic nitrogens is 1. The minimum atomic E-state index is 0.110. The molecule has 0 saturated carbocycles. The smallest absolute Gasteiger partial charge is 0.172 e. The van der Waals surface area contributed by atoms with E-state index in [1.165, 1.54) is 0 Å². The van der Waals surface area contributed by atoms with Gasteiger partial charge in [-0.2, -0.15) is 0 Å². The van der Waals surface area contributed by atoms with E-state index in [2.05, 4.69) is 5.16 Å². The van der Waals surface area contributed by atoms with Gasteiger partial charge in [0.05, 0.1) is 6.54 Å². The van der Waals surface area contributed by atoms with Crippen molar-refractivity contribution >= 4 is 16.7 Å². The fourth-order valence-corrected chi connectivity index (χ4v) is 2.47. The number of benzene rings is 2. The maximum atomic E-state index is 8.91. The zero-order valence-electron chi connectivity index (χ0n) is 12.0. The highest BCUT2D eigenvalue weighted by atomic mass is 16.5. The molecule has 1 aromatic heterocycles. The van der Waals surface area contributed by atoms with Crippen LogP contribution in [-0.2, 0) is 6.54 Å². The maximum absolute atomic E-state index is 8.91. The summed E-state index contributed by atoms with van der Waals surface area (Å²) in [6.07, 6.45) is 1.88. The minimum absolute atomic E-state index is 0.110. The second-order valence-corrected chi connectivity index (χ2v) is 4.90. The number of ether oxygens (including phenoxy) is 1. The van der Waals surface area contributed by atoms with Gasteiger partial charge in [-0.1, -0.05) is 41.6 Å². The van der Waals surface area contributed by atoms with E-state index >= 15 is 0 Å². The highest BCUT2D eigenvalue weighted by Crippen LogP contribution is 2.21. The Morgan fingerprint density at radius 1 is 1.09 bits per heavy atom. The minimum Gasteiger partial charge on any atom is -0.492 e. The second kappa shape index (κ2) is 6.22. The van der Waals surface area contributed by atoms with Crippen molar-refractivity contribution in [2.45, 2.75) is 6.54 Å². The Kier molecular flexibility index (Phi) is 3.96. The van der Waals surface area contributed by atoms with E-state index in [1.807, 2.05) is 65.4 Å². The summed E-state index contributed by atoms with van der Waals surface area (Å²) in [5, 5.41) is 13.0. The predicted octanol–water partition coefficient (Wildman–Crippen LogP) is 2.81. The first-order valence-electron chi connectivity index (χ1n) is 7.03. The van der Waals surface area contributed by atoms with Gasteiger partial charge in [0, 0.05) is 22.7 Å². The van der Waals surface area contributed by atoms with Gasteiger partial charge in [-0.3, -0.25) is 0 Å². The first-order chi connectivity index (χ1) is 10.8. The van der Waals surface area contributed by atoms with Crippen LogP contribution in [0, 0.1) is 0 Å². The number of para-hydroxylation sites is 2. The Labute approximate surface area is 128 Å². The molecule has 5 heteroatoms. The number of hydrogen-bond donors (Lipinski definition) is 2. The van der Waals surface area contributed by atoms with Gasteiger partial charge in [-0.05, 0) is 18.2 Å². The van der Waals surface area contributed by atoms with Crippen molar-refractivity contribution in [3.63, 3.8) is 0 Å². The van der Waals surface area contributed by atoms with Gasteiger partial charge < -0.3 is 20.2 Å². The monoisotopic (exact) mass is 295 g/mol. The lowest BCUT2D eigenvalue weighted by molar-refractivity contribution is 0.300. The zero-order valence-corrected chi connectivity index (χ0v) is 12.0. The van der Waals surface area contributed by atoms with Gasteiger partial charge in [0.2, 0.25) is 0 Å². The Morgan fingerprint density at radius 3 is 2.59 bits per heavy atom. The molecule has 0 bridgehead atoms. The molecule has 3 rings (SSSR count). The number of nitrogens with zero attached hydrogens (tertiary/aromatic N) is 2. The lowest BCUT2D eigenvalue weighted by atomic mass is 10.1.